The maximum Gasteiger partial charge on any atom is 0.338 e. The Morgan fingerprint density at radius 1 is 0.938 bits per heavy atom. The third kappa shape index (κ3) is 4.98. The van der Waals surface area contributed by atoms with E-state index in [0.29, 0.717) is 17.2 Å². The molecular formula is C25H28N2O5. The van der Waals surface area contributed by atoms with Crippen LogP contribution in [0, 0.1) is 10.1 Å². The van der Waals surface area contributed by atoms with Crippen molar-refractivity contribution in [2.24, 2.45) is 0 Å². The molecule has 1 saturated heterocycles. The van der Waals surface area contributed by atoms with Crippen molar-refractivity contribution in [3.8, 4) is 0 Å². The zero-order valence-corrected chi connectivity index (χ0v) is 18.1. The van der Waals surface area contributed by atoms with Crippen molar-refractivity contribution >= 4 is 23.1 Å². The number of carbonyl (C=O) groups is 2. The summed E-state index contributed by atoms with van der Waals surface area (Å²) in [6.45, 7) is 1.13. The fourth-order valence-electron chi connectivity index (χ4n) is 4.70. The number of carbonyl (C=O) groups excluding carboxylic acids is 2. The first kappa shape index (κ1) is 22.0. The lowest BCUT2D eigenvalue weighted by Crippen LogP contribution is -2.19. The molecule has 0 aromatic heterocycles. The average molecular weight is 437 g/mol. The molecular weight excluding hydrogens is 408 g/mol. The number of nitrogens with zero attached hydrogens (tertiary/aromatic N) is 2. The quantitative estimate of drug-likeness (QED) is 0.254. The SMILES string of the molecule is O=C(COC(=O)c1ccc(N2CCCC2)c([N+](=O)[O-])c1)c1ccc(C2CCCCC2)cc1. The van der Waals surface area contributed by atoms with Crippen molar-refractivity contribution in [1.29, 1.82) is 0 Å². The molecule has 0 bridgehead atoms. The summed E-state index contributed by atoms with van der Waals surface area (Å²) in [5, 5.41) is 11.5. The molecule has 1 aliphatic carbocycles. The van der Waals surface area contributed by atoms with Gasteiger partial charge >= 0.3 is 5.97 Å². The van der Waals surface area contributed by atoms with Crippen molar-refractivity contribution in [1.82, 2.24) is 0 Å². The van der Waals surface area contributed by atoms with Gasteiger partial charge in [-0.3, -0.25) is 14.9 Å². The number of hydrogen-bond donors (Lipinski definition) is 0. The lowest BCUT2D eigenvalue weighted by molar-refractivity contribution is -0.384. The topological polar surface area (TPSA) is 89.8 Å². The van der Waals surface area contributed by atoms with E-state index in [9.17, 15) is 19.7 Å². The minimum absolute atomic E-state index is 0.0695. The molecule has 2 aliphatic rings. The molecule has 7 nitrogen and oxygen atoms in total. The Labute approximate surface area is 187 Å². The first-order valence-corrected chi connectivity index (χ1v) is 11.4. The van der Waals surface area contributed by atoms with Crippen LogP contribution in [0.15, 0.2) is 42.5 Å². The molecule has 0 N–H and O–H groups in total. The van der Waals surface area contributed by atoms with Crippen LogP contribution in [0.4, 0.5) is 11.4 Å². The molecule has 1 saturated carbocycles. The Morgan fingerprint density at radius 3 is 2.25 bits per heavy atom. The highest BCUT2D eigenvalue weighted by atomic mass is 16.6. The lowest BCUT2D eigenvalue weighted by Gasteiger charge is -2.22. The number of esters is 1. The first-order valence-electron chi connectivity index (χ1n) is 11.4. The van der Waals surface area contributed by atoms with Gasteiger partial charge in [-0.25, -0.2) is 4.79 Å². The highest BCUT2D eigenvalue weighted by Gasteiger charge is 2.24. The molecule has 2 aromatic rings. The average Bonchev–Trinajstić information content (AvgIpc) is 3.37. The molecule has 0 atom stereocenters. The van der Waals surface area contributed by atoms with E-state index in [1.807, 2.05) is 17.0 Å². The second-order valence-electron chi connectivity index (χ2n) is 8.61. The second-order valence-corrected chi connectivity index (χ2v) is 8.61. The van der Waals surface area contributed by atoms with Crippen LogP contribution < -0.4 is 4.90 Å². The predicted octanol–water partition coefficient (Wildman–Crippen LogP) is 5.28. The number of anilines is 1. The van der Waals surface area contributed by atoms with Gasteiger partial charge in [0.05, 0.1) is 10.5 Å². The Kier molecular flexibility index (Phi) is 6.83. The van der Waals surface area contributed by atoms with Crippen LogP contribution in [0.5, 0.6) is 0 Å². The van der Waals surface area contributed by atoms with Crippen LogP contribution in [0.3, 0.4) is 0 Å². The Morgan fingerprint density at radius 2 is 1.59 bits per heavy atom. The molecule has 1 aliphatic heterocycles. The number of Topliss-reactive ketones (excluding diaryl/α,β-unsaturated/α-hetero) is 1. The summed E-state index contributed by atoms with van der Waals surface area (Å²) in [6, 6.07) is 11.9. The van der Waals surface area contributed by atoms with Crippen LogP contribution in [0.1, 0.15) is 77.1 Å². The number of hydrogen-bond acceptors (Lipinski definition) is 6. The molecule has 0 radical (unpaired) electrons. The van der Waals surface area contributed by atoms with Crippen LogP contribution in [0.2, 0.25) is 0 Å². The summed E-state index contributed by atoms with van der Waals surface area (Å²) in [7, 11) is 0. The molecule has 2 fully saturated rings. The summed E-state index contributed by atoms with van der Waals surface area (Å²) in [6.07, 6.45) is 8.15. The van der Waals surface area contributed by atoms with Crippen LogP contribution in [-0.4, -0.2) is 36.4 Å². The van der Waals surface area contributed by atoms with E-state index in [2.05, 4.69) is 0 Å². The number of rotatable bonds is 7. The van der Waals surface area contributed by atoms with E-state index in [1.54, 1.807) is 18.2 Å². The molecule has 0 unspecified atom stereocenters. The van der Waals surface area contributed by atoms with Gasteiger partial charge in [0, 0.05) is 24.7 Å². The number of nitro groups is 1. The molecule has 4 rings (SSSR count). The molecule has 7 heteroatoms. The number of nitro benzene ring substituents is 1. The van der Waals surface area contributed by atoms with Crippen molar-refractivity contribution in [3.63, 3.8) is 0 Å². The van der Waals surface area contributed by atoms with E-state index in [4.69, 9.17) is 4.74 Å². The largest absolute Gasteiger partial charge is 0.454 e. The fraction of sp³-hybridized carbons (Fsp3) is 0.440. The predicted molar refractivity (Wildman–Crippen MR) is 121 cm³/mol. The first-order chi connectivity index (χ1) is 15.5. The van der Waals surface area contributed by atoms with Gasteiger partial charge in [0.1, 0.15) is 5.69 Å². The standard InChI is InChI=1S/C25H28N2O5/c28-24(20-10-8-19(9-11-20)18-6-2-1-3-7-18)17-32-25(29)21-12-13-22(23(16-21)27(30)31)26-14-4-5-15-26/h8-13,16,18H,1-7,14-15,17H2. The third-order valence-corrected chi connectivity index (χ3v) is 6.50. The summed E-state index contributed by atoms with van der Waals surface area (Å²) in [4.78, 5) is 37.9. The van der Waals surface area contributed by atoms with E-state index in [0.717, 1.165) is 25.9 Å². The van der Waals surface area contributed by atoms with E-state index in [-0.39, 0.29) is 17.0 Å². The normalized spacial score (nSPS) is 16.7. The second kappa shape index (κ2) is 9.94. The minimum atomic E-state index is -0.742. The van der Waals surface area contributed by atoms with Crippen LogP contribution in [0.25, 0.3) is 0 Å². The molecule has 1 heterocycles. The van der Waals surface area contributed by atoms with Crippen LogP contribution >= 0.6 is 0 Å². The van der Waals surface area contributed by atoms with Crippen molar-refractivity contribution in [2.45, 2.75) is 50.9 Å². The molecule has 0 spiro atoms. The molecule has 32 heavy (non-hydrogen) atoms. The summed E-state index contributed by atoms with van der Waals surface area (Å²) in [5.41, 5.74) is 2.21. The van der Waals surface area contributed by atoms with E-state index in [1.165, 1.54) is 49.8 Å². The highest BCUT2D eigenvalue weighted by Crippen LogP contribution is 2.33. The van der Waals surface area contributed by atoms with Crippen LogP contribution in [-0.2, 0) is 4.74 Å². The third-order valence-electron chi connectivity index (χ3n) is 6.50. The lowest BCUT2D eigenvalue weighted by atomic mass is 9.84. The highest BCUT2D eigenvalue weighted by molar-refractivity contribution is 5.99. The number of benzene rings is 2. The maximum atomic E-state index is 12.5. The van der Waals surface area contributed by atoms with Gasteiger partial charge in [0.15, 0.2) is 12.4 Å². The van der Waals surface area contributed by atoms with Crippen molar-refractivity contribution < 1.29 is 19.2 Å². The zero-order valence-electron chi connectivity index (χ0n) is 18.1. The fourth-order valence-corrected chi connectivity index (χ4v) is 4.70. The molecule has 168 valence electrons. The summed E-state index contributed by atoms with van der Waals surface area (Å²) >= 11 is 0. The van der Waals surface area contributed by atoms with Gasteiger partial charge in [-0.2, -0.15) is 0 Å². The summed E-state index contributed by atoms with van der Waals surface area (Å²) in [5.74, 6) is -0.477. The van der Waals surface area contributed by atoms with Gasteiger partial charge in [0.2, 0.25) is 0 Å². The maximum absolute atomic E-state index is 12.5. The molecule has 0 amide bonds. The van der Waals surface area contributed by atoms with Gasteiger partial charge in [-0.15, -0.1) is 0 Å². The van der Waals surface area contributed by atoms with E-state index < -0.39 is 17.5 Å². The van der Waals surface area contributed by atoms with Gasteiger partial charge in [-0.1, -0.05) is 43.5 Å². The Bertz CT molecular complexity index is 990. The smallest absolute Gasteiger partial charge is 0.338 e. The minimum Gasteiger partial charge on any atom is -0.454 e. The monoisotopic (exact) mass is 436 g/mol. The van der Waals surface area contributed by atoms with Gasteiger partial charge < -0.3 is 9.64 Å². The van der Waals surface area contributed by atoms with E-state index >= 15 is 0 Å². The van der Waals surface area contributed by atoms with Gasteiger partial charge in [-0.05, 0) is 49.3 Å². The molecule has 2 aromatic carbocycles. The number of ether oxygens (including phenoxy) is 1. The van der Waals surface area contributed by atoms with Crippen molar-refractivity contribution in [2.75, 3.05) is 24.6 Å². The zero-order chi connectivity index (χ0) is 22.5. The van der Waals surface area contributed by atoms with Crippen molar-refractivity contribution in [3.05, 3.63) is 69.3 Å². The Hall–Kier alpha value is -3.22. The Balaban J connectivity index is 1.38. The summed E-state index contributed by atoms with van der Waals surface area (Å²) < 4.78 is 5.17. The van der Waals surface area contributed by atoms with Gasteiger partial charge in [0.25, 0.3) is 5.69 Å². The number of ketones is 1.